The molecule has 1 heterocycles. The van der Waals surface area contributed by atoms with Crippen molar-refractivity contribution in [1.29, 1.82) is 0 Å². The predicted octanol–water partition coefficient (Wildman–Crippen LogP) is 3.50. The zero-order chi connectivity index (χ0) is 12.8. The first-order valence-electron chi connectivity index (χ1n) is 7.13. The number of ether oxygens (including phenoxy) is 1. The van der Waals surface area contributed by atoms with Gasteiger partial charge in [0.2, 0.25) is 7.41 Å². The van der Waals surface area contributed by atoms with E-state index in [-0.39, 0.29) is 0 Å². The van der Waals surface area contributed by atoms with Crippen molar-refractivity contribution < 1.29 is 4.74 Å². The number of hydrogen-bond donors (Lipinski definition) is 0. The molecule has 0 spiro atoms. The first-order chi connectivity index (χ1) is 8.83. The Hall–Kier alpha value is -0.955. The summed E-state index contributed by atoms with van der Waals surface area (Å²) in [6.45, 7) is 7.30. The second kappa shape index (κ2) is 6.84. The van der Waals surface area contributed by atoms with Crippen LogP contribution in [0.25, 0.3) is 0 Å². The minimum Gasteiger partial charge on any atom is -0.492 e. The fraction of sp³-hybridized carbons (Fsp3) is 0.600. The van der Waals surface area contributed by atoms with Gasteiger partial charge in [-0.05, 0) is 6.07 Å². The summed E-state index contributed by atoms with van der Waals surface area (Å²) in [5.74, 6) is 1.76. The molecule has 0 amide bonds. The van der Waals surface area contributed by atoms with Crippen LogP contribution in [0, 0.1) is 0 Å². The molecule has 0 N–H and O–H groups in total. The molecule has 1 aliphatic rings. The van der Waals surface area contributed by atoms with Gasteiger partial charge >= 0.3 is 0 Å². The molecule has 1 aromatic carbocycles. The lowest BCUT2D eigenvalue weighted by atomic mass is 9.69. The van der Waals surface area contributed by atoms with Crippen LogP contribution in [0.1, 0.15) is 38.7 Å². The van der Waals surface area contributed by atoms with Crippen LogP contribution in [0.4, 0.5) is 0 Å². The van der Waals surface area contributed by atoms with E-state index in [1.807, 2.05) is 6.07 Å². The molecule has 1 aromatic rings. The Morgan fingerprint density at radius 2 is 2.17 bits per heavy atom. The Morgan fingerprint density at radius 1 is 1.33 bits per heavy atom. The molecule has 0 fully saturated rings. The molecule has 0 aromatic heterocycles. The summed E-state index contributed by atoms with van der Waals surface area (Å²) < 4.78 is 5.79. The van der Waals surface area contributed by atoms with E-state index in [1.165, 1.54) is 24.8 Å². The number of fused-ring (bicyclic) bond motifs is 1. The predicted molar refractivity (Wildman–Crippen MR) is 77.1 cm³/mol. The van der Waals surface area contributed by atoms with Gasteiger partial charge in [-0.3, -0.25) is 0 Å². The highest BCUT2D eigenvalue weighted by Crippen LogP contribution is 2.24. The van der Waals surface area contributed by atoms with Crippen molar-refractivity contribution in [3.8, 4) is 5.75 Å². The molecule has 3 heteroatoms. The number of nitrogens with zero attached hydrogens (tertiary/aromatic N) is 1. The summed E-state index contributed by atoms with van der Waals surface area (Å²) in [6.07, 6.45) is 3.78. The minimum absolute atomic E-state index is 0.709. The van der Waals surface area contributed by atoms with E-state index in [2.05, 4.69) is 44.3 Å². The average Bonchev–Trinajstić information content (AvgIpc) is 2.59. The zero-order valence-corrected chi connectivity index (χ0v) is 11.6. The van der Waals surface area contributed by atoms with Crippen molar-refractivity contribution in [2.45, 2.75) is 45.5 Å². The van der Waals surface area contributed by atoms with Crippen molar-refractivity contribution in [3.05, 3.63) is 29.8 Å². The molecule has 97 valence electrons. The highest BCUT2D eigenvalue weighted by Gasteiger charge is 2.18. The molecule has 0 aliphatic carbocycles. The van der Waals surface area contributed by atoms with Gasteiger partial charge < -0.3 is 9.55 Å². The summed E-state index contributed by atoms with van der Waals surface area (Å²) in [5, 5.41) is 0. The summed E-state index contributed by atoms with van der Waals surface area (Å²) in [7, 11) is 2.43. The Morgan fingerprint density at radius 3 is 2.94 bits per heavy atom. The van der Waals surface area contributed by atoms with Crippen LogP contribution < -0.4 is 4.74 Å². The molecule has 18 heavy (non-hydrogen) atoms. The van der Waals surface area contributed by atoms with Gasteiger partial charge in [0.25, 0.3) is 0 Å². The maximum atomic E-state index is 5.79. The van der Waals surface area contributed by atoms with Crippen LogP contribution in [0.2, 0.25) is 5.82 Å². The van der Waals surface area contributed by atoms with E-state index in [4.69, 9.17) is 4.74 Å². The van der Waals surface area contributed by atoms with Gasteiger partial charge in [-0.25, -0.2) is 0 Å². The largest absolute Gasteiger partial charge is 0.492 e. The third-order valence-electron chi connectivity index (χ3n) is 3.59. The lowest BCUT2D eigenvalue weighted by Crippen LogP contribution is -2.32. The van der Waals surface area contributed by atoms with Crippen molar-refractivity contribution in [2.24, 2.45) is 0 Å². The van der Waals surface area contributed by atoms with Crippen LogP contribution >= 0.6 is 0 Å². The molecule has 1 atom stereocenters. The number of hydrogen-bond acceptors (Lipinski definition) is 2. The Balaban J connectivity index is 1.99. The maximum absolute atomic E-state index is 5.79. The average molecular weight is 244 g/mol. The fourth-order valence-corrected chi connectivity index (χ4v) is 2.53. The van der Waals surface area contributed by atoms with Crippen LogP contribution in [-0.2, 0) is 6.54 Å². The summed E-state index contributed by atoms with van der Waals surface area (Å²) >= 11 is 0. The quantitative estimate of drug-likeness (QED) is 0.735. The van der Waals surface area contributed by atoms with Gasteiger partial charge in [-0.1, -0.05) is 57.1 Å². The standard InChI is InChI=1S/C15H23BNO/c1-3-7-14(4-2)16-17-10-11-18-15-9-6-5-8-13(15)12-17/h5-6,8-9,14H,3-4,7,10-12H2,1-2H3. The molecule has 0 saturated heterocycles. The van der Waals surface area contributed by atoms with Gasteiger partial charge in [0.15, 0.2) is 0 Å². The SMILES string of the molecule is CCCC([B]N1CCOc2ccccc2C1)CC. The van der Waals surface area contributed by atoms with Crippen LogP contribution in [0.3, 0.4) is 0 Å². The van der Waals surface area contributed by atoms with Crippen LogP contribution in [0.5, 0.6) is 5.75 Å². The highest BCUT2D eigenvalue weighted by atomic mass is 16.5. The molecule has 1 unspecified atom stereocenters. The Kier molecular flexibility index (Phi) is 5.12. The Bertz CT molecular complexity index is 369. The highest BCUT2D eigenvalue weighted by molar-refractivity contribution is 6.34. The summed E-state index contributed by atoms with van der Waals surface area (Å²) in [4.78, 5) is 2.43. The molecule has 2 nitrogen and oxygen atoms in total. The van der Waals surface area contributed by atoms with E-state index in [0.29, 0.717) is 5.82 Å². The molecular weight excluding hydrogens is 221 g/mol. The third-order valence-corrected chi connectivity index (χ3v) is 3.59. The van der Waals surface area contributed by atoms with Crippen LogP contribution in [0.15, 0.2) is 24.3 Å². The second-order valence-corrected chi connectivity index (χ2v) is 5.03. The normalized spacial score (nSPS) is 17.4. The maximum Gasteiger partial charge on any atom is 0.212 e. The molecule has 2 rings (SSSR count). The number of benzene rings is 1. The fourth-order valence-electron chi connectivity index (χ4n) is 2.53. The lowest BCUT2D eigenvalue weighted by molar-refractivity contribution is 0.294. The van der Waals surface area contributed by atoms with E-state index >= 15 is 0 Å². The molecule has 1 aliphatic heterocycles. The van der Waals surface area contributed by atoms with Crippen molar-refractivity contribution in [1.82, 2.24) is 4.81 Å². The van der Waals surface area contributed by atoms with E-state index in [9.17, 15) is 0 Å². The van der Waals surface area contributed by atoms with Gasteiger partial charge in [0.1, 0.15) is 5.75 Å². The zero-order valence-electron chi connectivity index (χ0n) is 11.6. The van der Waals surface area contributed by atoms with Gasteiger partial charge in [0, 0.05) is 18.7 Å². The monoisotopic (exact) mass is 244 g/mol. The van der Waals surface area contributed by atoms with Crippen LogP contribution in [-0.4, -0.2) is 25.4 Å². The second-order valence-electron chi connectivity index (χ2n) is 5.03. The number of para-hydroxylation sites is 1. The molecular formula is C15H23BNO. The minimum atomic E-state index is 0.709. The van der Waals surface area contributed by atoms with E-state index in [1.54, 1.807) is 0 Å². The van der Waals surface area contributed by atoms with E-state index < -0.39 is 0 Å². The smallest absolute Gasteiger partial charge is 0.212 e. The lowest BCUT2D eigenvalue weighted by Gasteiger charge is -2.23. The van der Waals surface area contributed by atoms with Gasteiger partial charge in [-0.2, -0.15) is 0 Å². The van der Waals surface area contributed by atoms with Crippen molar-refractivity contribution in [2.75, 3.05) is 13.2 Å². The molecule has 1 radical (unpaired) electrons. The van der Waals surface area contributed by atoms with Gasteiger partial charge in [0.05, 0.1) is 6.61 Å². The molecule has 0 saturated carbocycles. The topological polar surface area (TPSA) is 12.5 Å². The summed E-state index contributed by atoms with van der Waals surface area (Å²) in [6, 6.07) is 8.38. The first-order valence-corrected chi connectivity index (χ1v) is 7.13. The molecule has 0 bridgehead atoms. The first kappa shape index (κ1) is 13.5. The Labute approximate surface area is 112 Å². The number of rotatable bonds is 5. The van der Waals surface area contributed by atoms with E-state index in [0.717, 1.165) is 25.4 Å². The van der Waals surface area contributed by atoms with Crippen molar-refractivity contribution >= 4 is 7.41 Å². The van der Waals surface area contributed by atoms with Gasteiger partial charge in [-0.15, -0.1) is 0 Å². The summed E-state index contributed by atoms with van der Waals surface area (Å²) in [5.41, 5.74) is 1.30. The van der Waals surface area contributed by atoms with Crippen molar-refractivity contribution in [3.63, 3.8) is 0 Å². The third kappa shape index (κ3) is 3.52.